The van der Waals surface area contributed by atoms with Gasteiger partial charge in [0.05, 0.1) is 29.1 Å². The fraction of sp³-hybridized carbons (Fsp3) is 0.300. The Morgan fingerprint density at radius 1 is 1.12 bits per heavy atom. The molecule has 0 aliphatic rings. The van der Waals surface area contributed by atoms with Crippen LogP contribution in [0.15, 0.2) is 47.8 Å². The molecule has 3 aromatic rings. The van der Waals surface area contributed by atoms with Crippen LogP contribution in [-0.4, -0.2) is 54.0 Å². The van der Waals surface area contributed by atoms with E-state index in [1.54, 1.807) is 45.4 Å². The summed E-state index contributed by atoms with van der Waals surface area (Å²) in [6.07, 6.45) is 2.65. The molecule has 32 heavy (non-hydrogen) atoms. The lowest BCUT2D eigenvalue weighted by molar-refractivity contribution is 0.398. The van der Waals surface area contributed by atoms with Crippen LogP contribution in [0.5, 0.6) is 5.88 Å². The fourth-order valence-corrected chi connectivity index (χ4v) is 4.77. The molecule has 0 aliphatic heterocycles. The predicted octanol–water partition coefficient (Wildman–Crippen LogP) is 2.76. The Labute approximate surface area is 187 Å². The first-order valence-electron chi connectivity index (χ1n) is 9.64. The highest BCUT2D eigenvalue weighted by molar-refractivity contribution is 7.92. The van der Waals surface area contributed by atoms with Crippen LogP contribution in [0.2, 0.25) is 0 Å². The SMILES string of the molecule is COc1nc(P(C)(C)=O)cnc1N(c1cc(N)ncn1)c1ccccc1S(=O)(=O)C(C)C. The maximum atomic E-state index is 13.1. The zero-order valence-corrected chi connectivity index (χ0v) is 20.1. The number of benzene rings is 1. The largest absolute Gasteiger partial charge is 0.478 e. The highest BCUT2D eigenvalue weighted by Gasteiger charge is 2.30. The summed E-state index contributed by atoms with van der Waals surface area (Å²) in [5, 5.41) is -0.664. The first-order valence-corrected chi connectivity index (χ1v) is 13.8. The Morgan fingerprint density at radius 2 is 1.81 bits per heavy atom. The second kappa shape index (κ2) is 8.84. The summed E-state index contributed by atoms with van der Waals surface area (Å²) in [7, 11) is -5.00. The summed E-state index contributed by atoms with van der Waals surface area (Å²) in [4.78, 5) is 18.6. The van der Waals surface area contributed by atoms with Gasteiger partial charge in [-0.1, -0.05) is 12.1 Å². The number of nitrogens with two attached hydrogens (primary N) is 1. The Morgan fingerprint density at radius 3 is 2.41 bits per heavy atom. The molecule has 0 amide bonds. The first-order chi connectivity index (χ1) is 15.0. The summed E-state index contributed by atoms with van der Waals surface area (Å²) in [5.41, 5.74) is 6.44. The van der Waals surface area contributed by atoms with Crippen LogP contribution in [0, 0.1) is 0 Å². The number of sulfone groups is 1. The van der Waals surface area contributed by atoms with Gasteiger partial charge in [0.2, 0.25) is 5.82 Å². The molecule has 12 heteroatoms. The number of methoxy groups -OCH3 is 1. The van der Waals surface area contributed by atoms with E-state index >= 15 is 0 Å². The van der Waals surface area contributed by atoms with Crippen molar-refractivity contribution in [2.45, 2.75) is 24.0 Å². The molecule has 1 aromatic carbocycles. The highest BCUT2D eigenvalue weighted by atomic mass is 32.2. The number of para-hydroxylation sites is 1. The van der Waals surface area contributed by atoms with E-state index in [1.165, 1.54) is 36.7 Å². The van der Waals surface area contributed by atoms with Gasteiger partial charge < -0.3 is 15.0 Å². The van der Waals surface area contributed by atoms with E-state index in [9.17, 15) is 13.0 Å². The van der Waals surface area contributed by atoms with Gasteiger partial charge in [-0.05, 0) is 39.3 Å². The van der Waals surface area contributed by atoms with Crippen LogP contribution in [0.25, 0.3) is 0 Å². The van der Waals surface area contributed by atoms with Crippen LogP contribution >= 0.6 is 7.14 Å². The van der Waals surface area contributed by atoms with E-state index in [4.69, 9.17) is 10.5 Å². The van der Waals surface area contributed by atoms with Gasteiger partial charge in [0.1, 0.15) is 30.5 Å². The third kappa shape index (κ3) is 4.58. The molecule has 0 unspecified atom stereocenters. The molecule has 0 saturated carbocycles. The van der Waals surface area contributed by atoms with Gasteiger partial charge in [-0.25, -0.2) is 28.4 Å². The highest BCUT2D eigenvalue weighted by Crippen LogP contribution is 2.42. The zero-order chi connectivity index (χ0) is 23.7. The molecule has 0 bridgehead atoms. The lowest BCUT2D eigenvalue weighted by atomic mass is 10.2. The summed E-state index contributed by atoms with van der Waals surface area (Å²) >= 11 is 0. The molecular formula is C20H25N6O4PS. The molecule has 2 heterocycles. The van der Waals surface area contributed by atoms with Gasteiger partial charge in [0, 0.05) is 6.07 Å². The van der Waals surface area contributed by atoms with Gasteiger partial charge in [-0.15, -0.1) is 0 Å². The van der Waals surface area contributed by atoms with Crippen molar-refractivity contribution in [3.8, 4) is 5.88 Å². The smallest absolute Gasteiger partial charge is 0.258 e. The molecule has 170 valence electrons. The lowest BCUT2D eigenvalue weighted by Gasteiger charge is -2.26. The molecule has 0 atom stereocenters. The molecule has 0 aliphatic carbocycles. The van der Waals surface area contributed by atoms with Crippen LogP contribution < -0.4 is 20.8 Å². The quantitative estimate of drug-likeness (QED) is 0.506. The maximum absolute atomic E-state index is 13.1. The third-order valence-electron chi connectivity index (χ3n) is 4.60. The van der Waals surface area contributed by atoms with E-state index in [1.807, 2.05) is 0 Å². The summed E-state index contributed by atoms with van der Waals surface area (Å²) in [6, 6.07) is 7.97. The molecule has 10 nitrogen and oxygen atoms in total. The number of aromatic nitrogens is 4. The summed E-state index contributed by atoms with van der Waals surface area (Å²) < 4.78 is 44.2. The Kier molecular flexibility index (Phi) is 6.52. The van der Waals surface area contributed by atoms with Gasteiger partial charge in [-0.2, -0.15) is 0 Å². The van der Waals surface area contributed by atoms with Crippen molar-refractivity contribution in [3.05, 3.63) is 42.9 Å². The molecule has 2 aromatic heterocycles. The van der Waals surface area contributed by atoms with Gasteiger partial charge >= 0.3 is 0 Å². The Balaban J connectivity index is 2.37. The van der Waals surface area contributed by atoms with Crippen molar-refractivity contribution in [1.29, 1.82) is 0 Å². The Hall–Kier alpha value is -3.04. The maximum Gasteiger partial charge on any atom is 0.258 e. The first kappa shape index (κ1) is 23.6. The average molecular weight is 476 g/mol. The molecule has 0 spiro atoms. The minimum Gasteiger partial charge on any atom is -0.478 e. The zero-order valence-electron chi connectivity index (χ0n) is 18.4. The van der Waals surface area contributed by atoms with Crippen molar-refractivity contribution in [2.24, 2.45) is 0 Å². The molecule has 0 radical (unpaired) electrons. The van der Waals surface area contributed by atoms with Crippen LogP contribution in [0.4, 0.5) is 23.1 Å². The monoisotopic (exact) mass is 476 g/mol. The second-order valence-electron chi connectivity index (χ2n) is 7.61. The fourth-order valence-electron chi connectivity index (χ4n) is 2.87. The summed E-state index contributed by atoms with van der Waals surface area (Å²) in [5.74, 6) is 0.661. The van der Waals surface area contributed by atoms with Crippen LogP contribution in [0.1, 0.15) is 13.8 Å². The topological polar surface area (TPSA) is 141 Å². The Bertz CT molecular complexity index is 1290. The number of nitrogen functional groups attached to an aromatic ring is 1. The van der Waals surface area contributed by atoms with E-state index in [0.29, 0.717) is 0 Å². The van der Waals surface area contributed by atoms with Crippen molar-refractivity contribution in [2.75, 3.05) is 31.1 Å². The molecular weight excluding hydrogens is 451 g/mol. The number of nitrogens with zero attached hydrogens (tertiary/aromatic N) is 5. The minimum absolute atomic E-state index is 0.0559. The molecule has 0 saturated heterocycles. The van der Waals surface area contributed by atoms with Gasteiger partial charge in [0.15, 0.2) is 9.84 Å². The van der Waals surface area contributed by atoms with E-state index in [-0.39, 0.29) is 39.4 Å². The number of hydrogen-bond acceptors (Lipinski definition) is 10. The van der Waals surface area contributed by atoms with Gasteiger partial charge in [-0.3, -0.25) is 4.90 Å². The predicted molar refractivity (Wildman–Crippen MR) is 125 cm³/mol. The van der Waals surface area contributed by atoms with E-state index in [2.05, 4.69) is 19.9 Å². The number of rotatable bonds is 7. The van der Waals surface area contributed by atoms with Crippen LogP contribution in [-0.2, 0) is 14.4 Å². The molecule has 3 rings (SSSR count). The minimum atomic E-state index is -3.68. The second-order valence-corrected chi connectivity index (χ2v) is 13.2. The normalized spacial score (nSPS) is 12.1. The average Bonchev–Trinajstić information content (AvgIpc) is 2.73. The summed E-state index contributed by atoms with van der Waals surface area (Å²) in [6.45, 7) is 6.36. The van der Waals surface area contributed by atoms with Gasteiger partial charge in [0.25, 0.3) is 5.88 Å². The number of anilines is 4. The number of ether oxygens (including phenoxy) is 1. The van der Waals surface area contributed by atoms with Crippen molar-refractivity contribution in [3.63, 3.8) is 0 Å². The van der Waals surface area contributed by atoms with Crippen molar-refractivity contribution in [1.82, 2.24) is 19.9 Å². The van der Waals surface area contributed by atoms with Crippen LogP contribution in [0.3, 0.4) is 0 Å². The standard InChI is InChI=1S/C20H25N6O4PS/c1-13(2)32(28,29)15-9-7-6-8-14(15)26(17-10-16(21)23-12-24-17)19-20(30-3)25-18(11-22-19)31(4,5)27/h6-13H,1-5H3,(H2,21,23,24). The molecule has 2 N–H and O–H groups in total. The lowest BCUT2D eigenvalue weighted by Crippen LogP contribution is -2.22. The van der Waals surface area contributed by atoms with Crippen molar-refractivity contribution >= 4 is 45.6 Å². The molecule has 0 fully saturated rings. The van der Waals surface area contributed by atoms with E-state index in [0.717, 1.165) is 0 Å². The number of hydrogen-bond donors (Lipinski definition) is 1. The van der Waals surface area contributed by atoms with Crippen molar-refractivity contribution < 1.29 is 17.7 Å². The van der Waals surface area contributed by atoms with E-state index < -0.39 is 22.2 Å². The third-order valence-corrected chi connectivity index (χ3v) is 8.12.